The molecule has 1 aliphatic rings. The van der Waals surface area contributed by atoms with E-state index in [1.807, 2.05) is 6.92 Å². The van der Waals surface area contributed by atoms with E-state index in [2.05, 4.69) is 11.8 Å². The number of rotatable bonds is 5. The summed E-state index contributed by atoms with van der Waals surface area (Å²) in [6, 6.07) is 3.66. The molecule has 0 bridgehead atoms. The zero-order valence-corrected chi connectivity index (χ0v) is 12.5. The van der Waals surface area contributed by atoms with Crippen molar-refractivity contribution >= 4 is 11.4 Å². The average Bonchev–Trinajstić information content (AvgIpc) is 2.46. The summed E-state index contributed by atoms with van der Waals surface area (Å²) < 4.78 is 19.4. The topological polar surface area (TPSA) is 38.5 Å². The predicted molar refractivity (Wildman–Crippen MR) is 81.9 cm³/mol. The Kier molecular flexibility index (Phi) is 5.10. The molecule has 0 aromatic heterocycles. The summed E-state index contributed by atoms with van der Waals surface area (Å²) in [6.45, 7) is 5.71. The Morgan fingerprint density at radius 3 is 2.85 bits per heavy atom. The molecule has 20 heavy (non-hydrogen) atoms. The lowest BCUT2D eigenvalue weighted by molar-refractivity contribution is 0.301. The van der Waals surface area contributed by atoms with Crippen molar-refractivity contribution in [3.05, 3.63) is 17.9 Å². The van der Waals surface area contributed by atoms with E-state index >= 15 is 0 Å². The van der Waals surface area contributed by atoms with Crippen LogP contribution in [-0.2, 0) is 0 Å². The highest BCUT2D eigenvalue weighted by Crippen LogP contribution is 2.35. The molecule has 2 N–H and O–H groups in total. The number of piperidine rings is 1. The molecule has 0 aliphatic carbocycles. The van der Waals surface area contributed by atoms with Gasteiger partial charge >= 0.3 is 0 Å². The molecule has 4 heteroatoms. The summed E-state index contributed by atoms with van der Waals surface area (Å²) in [6.07, 6.45) is 5.55. The Bertz CT molecular complexity index is 450. The highest BCUT2D eigenvalue weighted by molar-refractivity contribution is 5.70. The quantitative estimate of drug-likeness (QED) is 0.830. The third-order valence-corrected chi connectivity index (χ3v) is 3.95. The monoisotopic (exact) mass is 280 g/mol. The fraction of sp³-hybridized carbons (Fsp3) is 0.625. The van der Waals surface area contributed by atoms with Gasteiger partial charge in [-0.15, -0.1) is 0 Å². The summed E-state index contributed by atoms with van der Waals surface area (Å²) in [5.74, 6) is -0.0544. The average molecular weight is 280 g/mol. The molecule has 1 heterocycles. The summed E-state index contributed by atoms with van der Waals surface area (Å²) in [7, 11) is 0. The number of benzene rings is 1. The van der Waals surface area contributed by atoms with E-state index in [9.17, 15) is 4.39 Å². The minimum Gasteiger partial charge on any atom is -0.490 e. The molecule has 112 valence electrons. The largest absolute Gasteiger partial charge is 0.490 e. The molecule has 1 saturated heterocycles. The first-order valence-corrected chi connectivity index (χ1v) is 7.65. The molecular weight excluding hydrogens is 255 g/mol. The molecule has 1 unspecified atom stereocenters. The van der Waals surface area contributed by atoms with Crippen LogP contribution in [0.25, 0.3) is 0 Å². The normalized spacial score (nSPS) is 19.1. The lowest BCUT2D eigenvalue weighted by Crippen LogP contribution is -2.39. The first-order valence-electron chi connectivity index (χ1n) is 7.65. The van der Waals surface area contributed by atoms with Crippen molar-refractivity contribution in [3.8, 4) is 5.75 Å². The second-order valence-electron chi connectivity index (χ2n) is 5.44. The van der Waals surface area contributed by atoms with Gasteiger partial charge in [0.1, 0.15) is 0 Å². The van der Waals surface area contributed by atoms with Crippen LogP contribution in [0.4, 0.5) is 15.8 Å². The van der Waals surface area contributed by atoms with E-state index in [4.69, 9.17) is 10.5 Å². The van der Waals surface area contributed by atoms with E-state index in [0.717, 1.165) is 25.1 Å². The number of halogens is 1. The van der Waals surface area contributed by atoms with Gasteiger partial charge < -0.3 is 15.4 Å². The number of nitrogens with zero attached hydrogens (tertiary/aromatic N) is 1. The van der Waals surface area contributed by atoms with Crippen LogP contribution in [0.3, 0.4) is 0 Å². The van der Waals surface area contributed by atoms with E-state index in [0.29, 0.717) is 24.1 Å². The number of nitrogen functional groups attached to an aromatic ring is 1. The second-order valence-corrected chi connectivity index (χ2v) is 5.44. The molecule has 0 spiro atoms. The van der Waals surface area contributed by atoms with Crippen LogP contribution in [-0.4, -0.2) is 19.2 Å². The molecule has 0 radical (unpaired) electrons. The Morgan fingerprint density at radius 1 is 1.35 bits per heavy atom. The molecule has 0 saturated carbocycles. The van der Waals surface area contributed by atoms with Crippen molar-refractivity contribution in [1.29, 1.82) is 0 Å². The first-order chi connectivity index (χ1) is 9.67. The second kappa shape index (κ2) is 6.82. The van der Waals surface area contributed by atoms with Crippen LogP contribution in [0.15, 0.2) is 12.1 Å². The SMILES string of the molecule is CCCOc1cc(N2CCCCC2CC)c(N)cc1F. The van der Waals surface area contributed by atoms with Crippen molar-refractivity contribution < 1.29 is 9.13 Å². The van der Waals surface area contributed by atoms with Crippen LogP contribution in [0, 0.1) is 5.82 Å². The zero-order valence-electron chi connectivity index (χ0n) is 12.5. The molecule has 1 aromatic carbocycles. The molecular formula is C16H25FN2O. The Balaban J connectivity index is 2.29. The molecule has 2 rings (SSSR count). The van der Waals surface area contributed by atoms with Gasteiger partial charge in [-0.25, -0.2) is 4.39 Å². The van der Waals surface area contributed by atoms with Crippen molar-refractivity contribution in [2.45, 2.75) is 52.0 Å². The highest BCUT2D eigenvalue weighted by Gasteiger charge is 2.24. The first kappa shape index (κ1) is 14.9. The van der Waals surface area contributed by atoms with Crippen LogP contribution in [0.2, 0.25) is 0 Å². The van der Waals surface area contributed by atoms with Crippen LogP contribution < -0.4 is 15.4 Å². The van der Waals surface area contributed by atoms with E-state index in [-0.39, 0.29) is 5.82 Å². The van der Waals surface area contributed by atoms with Gasteiger partial charge in [0.2, 0.25) is 0 Å². The predicted octanol–water partition coefficient (Wildman–Crippen LogP) is 3.97. The summed E-state index contributed by atoms with van der Waals surface area (Å²) >= 11 is 0. The third kappa shape index (κ3) is 3.17. The zero-order chi connectivity index (χ0) is 14.5. The number of nitrogens with two attached hydrogens (primary N) is 1. The molecule has 1 fully saturated rings. The number of anilines is 2. The van der Waals surface area contributed by atoms with Gasteiger partial charge in [-0.3, -0.25) is 0 Å². The van der Waals surface area contributed by atoms with Crippen LogP contribution in [0.5, 0.6) is 5.75 Å². The van der Waals surface area contributed by atoms with Crippen LogP contribution in [0.1, 0.15) is 46.0 Å². The van der Waals surface area contributed by atoms with E-state index < -0.39 is 0 Å². The van der Waals surface area contributed by atoms with Gasteiger partial charge in [-0.05, 0) is 32.1 Å². The molecule has 1 aromatic rings. The van der Waals surface area contributed by atoms with Gasteiger partial charge in [0.25, 0.3) is 0 Å². The summed E-state index contributed by atoms with van der Waals surface area (Å²) in [5, 5.41) is 0. The Hall–Kier alpha value is -1.45. The van der Waals surface area contributed by atoms with Gasteiger partial charge in [-0.1, -0.05) is 13.8 Å². The maximum absolute atomic E-state index is 13.9. The lowest BCUT2D eigenvalue weighted by atomic mass is 9.98. The molecule has 1 atom stereocenters. The summed E-state index contributed by atoms with van der Waals surface area (Å²) in [4.78, 5) is 2.32. The van der Waals surface area contributed by atoms with Crippen molar-refractivity contribution in [2.75, 3.05) is 23.8 Å². The van der Waals surface area contributed by atoms with E-state index in [1.54, 1.807) is 6.07 Å². The molecule has 3 nitrogen and oxygen atoms in total. The minimum atomic E-state index is -0.371. The fourth-order valence-corrected chi connectivity index (χ4v) is 2.87. The number of hydrogen-bond donors (Lipinski definition) is 1. The smallest absolute Gasteiger partial charge is 0.167 e. The number of ether oxygens (including phenoxy) is 1. The number of hydrogen-bond acceptors (Lipinski definition) is 3. The van der Waals surface area contributed by atoms with Gasteiger partial charge in [0.05, 0.1) is 18.0 Å². The van der Waals surface area contributed by atoms with Crippen LogP contribution >= 0.6 is 0 Å². The Labute approximate surface area is 120 Å². The van der Waals surface area contributed by atoms with Crippen molar-refractivity contribution in [2.24, 2.45) is 0 Å². The van der Waals surface area contributed by atoms with Gasteiger partial charge in [0, 0.05) is 24.7 Å². The fourth-order valence-electron chi connectivity index (χ4n) is 2.87. The van der Waals surface area contributed by atoms with Crippen molar-refractivity contribution in [3.63, 3.8) is 0 Å². The summed E-state index contributed by atoms with van der Waals surface area (Å²) in [5.41, 5.74) is 7.46. The molecule has 0 amide bonds. The standard InChI is InChI=1S/C16H25FN2O/c1-3-9-20-16-11-15(14(18)10-13(16)17)19-8-6-5-7-12(19)4-2/h10-12H,3-9,18H2,1-2H3. The lowest BCUT2D eigenvalue weighted by Gasteiger charge is -2.38. The maximum Gasteiger partial charge on any atom is 0.167 e. The molecule has 1 aliphatic heterocycles. The van der Waals surface area contributed by atoms with Gasteiger partial charge in [-0.2, -0.15) is 0 Å². The Morgan fingerprint density at radius 2 is 2.15 bits per heavy atom. The maximum atomic E-state index is 13.9. The van der Waals surface area contributed by atoms with Crippen molar-refractivity contribution in [1.82, 2.24) is 0 Å². The van der Waals surface area contributed by atoms with E-state index in [1.165, 1.54) is 25.3 Å². The van der Waals surface area contributed by atoms with Gasteiger partial charge in [0.15, 0.2) is 11.6 Å². The third-order valence-electron chi connectivity index (χ3n) is 3.95. The highest BCUT2D eigenvalue weighted by atomic mass is 19.1. The minimum absolute atomic E-state index is 0.316.